The first kappa shape index (κ1) is 14.6. The lowest BCUT2D eigenvalue weighted by Crippen LogP contribution is -2.38. The Morgan fingerprint density at radius 1 is 1.53 bits per heavy atom. The number of nitrogens with one attached hydrogen (secondary N) is 2. The van der Waals surface area contributed by atoms with Crippen LogP contribution in [0.5, 0.6) is 0 Å². The number of anilines is 1. The van der Waals surface area contributed by atoms with Crippen LogP contribution in [0.1, 0.15) is 24.8 Å². The van der Waals surface area contributed by atoms with Crippen molar-refractivity contribution >= 4 is 43.6 Å². The first-order valence-corrected chi connectivity index (χ1v) is 9.13. The summed E-state index contributed by atoms with van der Waals surface area (Å²) in [4.78, 5) is 0. The molecule has 1 aromatic rings. The van der Waals surface area contributed by atoms with Crippen molar-refractivity contribution in [2.24, 2.45) is 0 Å². The molecule has 0 aromatic carbocycles. The lowest BCUT2D eigenvalue weighted by atomic mass is 10.3. The van der Waals surface area contributed by atoms with Crippen LogP contribution in [0.2, 0.25) is 0 Å². The van der Waals surface area contributed by atoms with E-state index in [1.807, 2.05) is 0 Å². The second-order valence-electron chi connectivity index (χ2n) is 4.45. The molecular formula is C10H16N4O2S3. The third-order valence-corrected chi connectivity index (χ3v) is 5.61. The van der Waals surface area contributed by atoms with E-state index in [9.17, 15) is 8.42 Å². The zero-order valence-corrected chi connectivity index (χ0v) is 13.0. The summed E-state index contributed by atoms with van der Waals surface area (Å²) < 4.78 is 22.7. The summed E-state index contributed by atoms with van der Waals surface area (Å²) in [5.41, 5.74) is 0. The summed E-state index contributed by atoms with van der Waals surface area (Å²) in [5, 5.41) is 16.0. The van der Waals surface area contributed by atoms with Gasteiger partial charge in [-0.05, 0) is 25.1 Å². The molecule has 1 saturated heterocycles. The van der Waals surface area contributed by atoms with Gasteiger partial charge in [-0.3, -0.25) is 0 Å². The van der Waals surface area contributed by atoms with Crippen LogP contribution in [0, 0.1) is 0 Å². The normalized spacial score (nSPS) is 21.2. The third kappa shape index (κ3) is 4.36. The van der Waals surface area contributed by atoms with Gasteiger partial charge in [-0.25, -0.2) is 8.42 Å². The minimum absolute atomic E-state index is 0.104. The Bertz CT molecular complexity index is 555. The summed E-state index contributed by atoms with van der Waals surface area (Å²) >= 11 is 6.61. The van der Waals surface area contributed by atoms with Crippen LogP contribution in [-0.2, 0) is 16.3 Å². The summed E-state index contributed by atoms with van der Waals surface area (Å²) in [6, 6.07) is -0.104. The van der Waals surface area contributed by atoms with Crippen LogP contribution in [0.15, 0.2) is 0 Å². The smallest absolute Gasteiger partial charge is 0.211 e. The van der Waals surface area contributed by atoms with Gasteiger partial charge in [0.1, 0.15) is 5.01 Å². The molecule has 1 fully saturated rings. The molecule has 2 N–H and O–H groups in total. The molecule has 0 radical (unpaired) electrons. The lowest BCUT2D eigenvalue weighted by Gasteiger charge is -2.12. The Morgan fingerprint density at radius 3 is 2.95 bits per heavy atom. The van der Waals surface area contributed by atoms with Gasteiger partial charge < -0.3 is 10.6 Å². The van der Waals surface area contributed by atoms with Crippen LogP contribution in [0.25, 0.3) is 0 Å². The van der Waals surface area contributed by atoms with Crippen LogP contribution in [0.3, 0.4) is 0 Å². The average Bonchev–Trinajstić information content (AvgIpc) is 2.86. The van der Waals surface area contributed by atoms with Crippen molar-refractivity contribution in [2.45, 2.75) is 32.2 Å². The van der Waals surface area contributed by atoms with Gasteiger partial charge in [0.2, 0.25) is 5.13 Å². The largest absolute Gasteiger partial charge is 0.359 e. The standard InChI is InChI=1S/C10H16N4O2S3/c1-2-3-8-13-14-10(18-8)12-9(17)11-7-4-5-19(15,16)6-7/h7H,2-6H2,1H3,(H2,11,12,14,17)/t7-/m0/s1. The number of rotatable bonds is 4. The zero-order chi connectivity index (χ0) is 13.9. The molecule has 0 amide bonds. The minimum atomic E-state index is -2.89. The summed E-state index contributed by atoms with van der Waals surface area (Å²) in [6.45, 7) is 2.08. The zero-order valence-electron chi connectivity index (χ0n) is 10.5. The van der Waals surface area contributed by atoms with E-state index in [2.05, 4.69) is 27.8 Å². The van der Waals surface area contributed by atoms with Gasteiger partial charge in [0.15, 0.2) is 14.9 Å². The fraction of sp³-hybridized carbons (Fsp3) is 0.700. The fourth-order valence-corrected chi connectivity index (χ4v) is 4.69. The van der Waals surface area contributed by atoms with Gasteiger partial charge in [0.05, 0.1) is 11.5 Å². The highest BCUT2D eigenvalue weighted by molar-refractivity contribution is 7.91. The van der Waals surface area contributed by atoms with E-state index < -0.39 is 9.84 Å². The maximum Gasteiger partial charge on any atom is 0.211 e. The average molecular weight is 320 g/mol. The second-order valence-corrected chi connectivity index (χ2v) is 8.15. The topological polar surface area (TPSA) is 84.0 Å². The van der Waals surface area contributed by atoms with E-state index in [0.717, 1.165) is 17.8 Å². The first-order chi connectivity index (χ1) is 8.98. The molecule has 2 rings (SSSR count). The number of aryl methyl sites for hydroxylation is 1. The molecule has 0 unspecified atom stereocenters. The molecule has 106 valence electrons. The second kappa shape index (κ2) is 6.10. The van der Waals surface area contributed by atoms with E-state index in [1.54, 1.807) is 0 Å². The van der Waals surface area contributed by atoms with E-state index >= 15 is 0 Å². The summed E-state index contributed by atoms with van der Waals surface area (Å²) in [7, 11) is -2.89. The maximum absolute atomic E-state index is 11.3. The van der Waals surface area contributed by atoms with Crippen LogP contribution < -0.4 is 10.6 Å². The molecule has 2 heterocycles. The van der Waals surface area contributed by atoms with Crippen LogP contribution in [0.4, 0.5) is 5.13 Å². The Morgan fingerprint density at radius 2 is 2.32 bits per heavy atom. The SMILES string of the molecule is CCCc1nnc(NC(=S)N[C@H]2CCS(=O)(=O)C2)s1. The molecule has 1 aromatic heterocycles. The molecule has 6 nitrogen and oxygen atoms in total. The number of aromatic nitrogens is 2. The van der Waals surface area contributed by atoms with Crippen molar-refractivity contribution < 1.29 is 8.42 Å². The molecule has 19 heavy (non-hydrogen) atoms. The third-order valence-electron chi connectivity index (χ3n) is 2.72. The summed E-state index contributed by atoms with van der Waals surface area (Å²) in [6.07, 6.45) is 2.53. The Labute approximate surface area is 121 Å². The lowest BCUT2D eigenvalue weighted by molar-refractivity contribution is 0.600. The molecule has 1 aliphatic heterocycles. The minimum Gasteiger partial charge on any atom is -0.359 e. The van der Waals surface area contributed by atoms with E-state index in [0.29, 0.717) is 16.7 Å². The van der Waals surface area contributed by atoms with E-state index in [4.69, 9.17) is 12.2 Å². The van der Waals surface area contributed by atoms with Gasteiger partial charge in [0.25, 0.3) is 0 Å². The molecule has 9 heteroatoms. The monoisotopic (exact) mass is 320 g/mol. The molecule has 0 aliphatic carbocycles. The number of hydrogen-bond acceptors (Lipinski definition) is 6. The molecule has 1 aliphatic rings. The fourth-order valence-electron chi connectivity index (χ4n) is 1.85. The van der Waals surface area contributed by atoms with Crippen LogP contribution >= 0.6 is 23.6 Å². The first-order valence-electron chi connectivity index (χ1n) is 6.09. The van der Waals surface area contributed by atoms with Crippen molar-refractivity contribution in [1.82, 2.24) is 15.5 Å². The maximum atomic E-state index is 11.3. The number of thiocarbonyl (C=S) groups is 1. The van der Waals surface area contributed by atoms with Crippen molar-refractivity contribution in [1.29, 1.82) is 0 Å². The van der Waals surface area contributed by atoms with Crippen molar-refractivity contribution in [3.05, 3.63) is 5.01 Å². The molecule has 0 saturated carbocycles. The van der Waals surface area contributed by atoms with Crippen molar-refractivity contribution in [3.8, 4) is 0 Å². The van der Waals surface area contributed by atoms with Gasteiger partial charge in [0, 0.05) is 12.5 Å². The van der Waals surface area contributed by atoms with E-state index in [-0.39, 0.29) is 17.5 Å². The number of hydrogen-bond donors (Lipinski definition) is 2. The highest BCUT2D eigenvalue weighted by atomic mass is 32.2. The number of nitrogens with zero attached hydrogens (tertiary/aromatic N) is 2. The van der Waals surface area contributed by atoms with Gasteiger partial charge in [-0.1, -0.05) is 18.3 Å². The van der Waals surface area contributed by atoms with Crippen LogP contribution in [-0.4, -0.2) is 41.3 Å². The number of sulfone groups is 1. The molecule has 0 spiro atoms. The predicted octanol–water partition coefficient (Wildman–Crippen LogP) is 0.964. The Hall–Kier alpha value is -0.800. The van der Waals surface area contributed by atoms with Crippen molar-refractivity contribution in [2.75, 3.05) is 16.8 Å². The molecule has 1 atom stereocenters. The van der Waals surface area contributed by atoms with Crippen molar-refractivity contribution in [3.63, 3.8) is 0 Å². The molecular weight excluding hydrogens is 304 g/mol. The Kier molecular flexibility index (Phi) is 4.69. The highest BCUT2D eigenvalue weighted by Crippen LogP contribution is 2.17. The van der Waals surface area contributed by atoms with Gasteiger partial charge >= 0.3 is 0 Å². The van der Waals surface area contributed by atoms with Gasteiger partial charge in [-0.2, -0.15) is 0 Å². The summed E-state index contributed by atoms with van der Waals surface area (Å²) in [5.74, 6) is 0.374. The van der Waals surface area contributed by atoms with Gasteiger partial charge in [-0.15, -0.1) is 10.2 Å². The Balaban J connectivity index is 1.84. The van der Waals surface area contributed by atoms with E-state index in [1.165, 1.54) is 11.3 Å². The predicted molar refractivity (Wildman–Crippen MR) is 80.3 cm³/mol. The molecule has 0 bridgehead atoms. The highest BCUT2D eigenvalue weighted by Gasteiger charge is 2.28. The quantitative estimate of drug-likeness (QED) is 0.800.